The molecule has 0 radical (unpaired) electrons. The van der Waals surface area contributed by atoms with Crippen LogP contribution in [0.2, 0.25) is 0 Å². The van der Waals surface area contributed by atoms with Gasteiger partial charge in [0.2, 0.25) is 0 Å². The van der Waals surface area contributed by atoms with E-state index >= 15 is 0 Å². The molecule has 1 aromatic carbocycles. The molecule has 1 aromatic rings. The fraction of sp³-hybridized carbons (Fsp3) is 0.533. The third-order valence-corrected chi connectivity index (χ3v) is 4.94. The van der Waals surface area contributed by atoms with E-state index in [1.54, 1.807) is 12.1 Å². The number of likely N-dealkylation sites (N-methyl/N-ethyl adjacent to an activating group) is 1. The van der Waals surface area contributed by atoms with Crippen LogP contribution in [0.1, 0.15) is 6.92 Å². The zero-order valence-corrected chi connectivity index (χ0v) is 14.6. The maximum Gasteiger partial charge on any atom is 0.319 e. The number of urea groups is 1. The van der Waals surface area contributed by atoms with Gasteiger partial charge in [0.1, 0.15) is 0 Å². The van der Waals surface area contributed by atoms with Crippen molar-refractivity contribution in [1.29, 1.82) is 0 Å². The van der Waals surface area contributed by atoms with Crippen molar-refractivity contribution in [3.05, 3.63) is 18.2 Å². The summed E-state index contributed by atoms with van der Waals surface area (Å²) in [4.78, 5) is 16.5. The summed E-state index contributed by atoms with van der Waals surface area (Å²) in [5.41, 5.74) is 1.36. The number of nitrogens with zero attached hydrogens (tertiary/aromatic N) is 2. The molecule has 1 fully saturated rings. The van der Waals surface area contributed by atoms with E-state index in [1.807, 2.05) is 6.92 Å². The molecule has 1 aliphatic heterocycles. The summed E-state index contributed by atoms with van der Waals surface area (Å²) in [5.74, 6) is 0. The van der Waals surface area contributed by atoms with Gasteiger partial charge in [-0.1, -0.05) is 0 Å². The number of sulfone groups is 1. The number of hydrogen-bond donors (Lipinski definition) is 2. The predicted octanol–water partition coefficient (Wildman–Crippen LogP) is 0.983. The smallest absolute Gasteiger partial charge is 0.319 e. The maximum absolute atomic E-state index is 11.9. The third kappa shape index (κ3) is 4.59. The zero-order valence-electron chi connectivity index (χ0n) is 13.8. The van der Waals surface area contributed by atoms with E-state index in [1.165, 1.54) is 6.07 Å². The molecule has 0 spiro atoms. The summed E-state index contributed by atoms with van der Waals surface area (Å²) < 4.78 is 23.6. The lowest BCUT2D eigenvalue weighted by molar-refractivity contribution is 0.252. The third-order valence-electron chi connectivity index (χ3n) is 3.83. The van der Waals surface area contributed by atoms with Crippen molar-refractivity contribution in [2.24, 2.45) is 0 Å². The quantitative estimate of drug-likeness (QED) is 0.854. The topological polar surface area (TPSA) is 81.8 Å². The van der Waals surface area contributed by atoms with Crippen LogP contribution in [-0.4, -0.2) is 65.4 Å². The Morgan fingerprint density at radius 3 is 2.43 bits per heavy atom. The van der Waals surface area contributed by atoms with Crippen molar-refractivity contribution in [2.75, 3.05) is 56.2 Å². The van der Waals surface area contributed by atoms with Gasteiger partial charge in [0.15, 0.2) is 9.84 Å². The molecule has 2 N–H and O–H groups in total. The number of benzene rings is 1. The number of anilines is 2. The molecule has 23 heavy (non-hydrogen) atoms. The Bertz CT molecular complexity index is 667. The number of hydrogen-bond acceptors (Lipinski definition) is 5. The first kappa shape index (κ1) is 17.6. The van der Waals surface area contributed by atoms with E-state index in [-0.39, 0.29) is 10.9 Å². The van der Waals surface area contributed by atoms with Gasteiger partial charge in [-0.2, -0.15) is 0 Å². The number of carbonyl (C=O) groups is 1. The van der Waals surface area contributed by atoms with E-state index in [9.17, 15) is 13.2 Å². The maximum atomic E-state index is 11.9. The van der Waals surface area contributed by atoms with Crippen molar-refractivity contribution >= 4 is 27.2 Å². The fourth-order valence-electron chi connectivity index (χ4n) is 2.50. The average Bonchev–Trinajstić information content (AvgIpc) is 2.47. The lowest BCUT2D eigenvalue weighted by Gasteiger charge is -2.35. The minimum absolute atomic E-state index is 0.196. The molecule has 7 nitrogen and oxygen atoms in total. The molecule has 1 saturated heterocycles. The fourth-order valence-corrected chi connectivity index (χ4v) is 3.14. The minimum atomic E-state index is -3.33. The minimum Gasteiger partial charge on any atom is -0.367 e. The van der Waals surface area contributed by atoms with Crippen molar-refractivity contribution in [3.63, 3.8) is 0 Å². The monoisotopic (exact) mass is 340 g/mol. The highest BCUT2D eigenvalue weighted by atomic mass is 32.2. The molecule has 0 saturated carbocycles. The summed E-state index contributed by atoms with van der Waals surface area (Å²) in [5, 5.41) is 5.43. The number of carbonyl (C=O) groups excluding carboxylic acids is 1. The van der Waals surface area contributed by atoms with Gasteiger partial charge in [-0.05, 0) is 32.2 Å². The van der Waals surface area contributed by atoms with Crippen LogP contribution in [-0.2, 0) is 9.84 Å². The van der Waals surface area contributed by atoms with Gasteiger partial charge in [0.25, 0.3) is 0 Å². The standard InChI is InChI=1S/C15H24N4O3S/c1-4-16-15(20)17-13-11-12(23(3,21)22)5-6-14(13)19-9-7-18(2)8-10-19/h5-6,11H,4,7-10H2,1-3H3,(H2,16,17,20). The second-order valence-electron chi connectivity index (χ2n) is 5.73. The SMILES string of the molecule is CCNC(=O)Nc1cc(S(C)(=O)=O)ccc1N1CCN(C)CC1. The predicted molar refractivity (Wildman–Crippen MR) is 92.0 cm³/mol. The van der Waals surface area contributed by atoms with E-state index < -0.39 is 9.84 Å². The van der Waals surface area contributed by atoms with Crippen molar-refractivity contribution in [2.45, 2.75) is 11.8 Å². The Labute approximate surface area is 137 Å². The Morgan fingerprint density at radius 1 is 1.22 bits per heavy atom. The molecule has 0 unspecified atom stereocenters. The second-order valence-corrected chi connectivity index (χ2v) is 7.74. The highest BCUT2D eigenvalue weighted by Gasteiger charge is 2.20. The Hall–Kier alpha value is -1.80. The lowest BCUT2D eigenvalue weighted by Crippen LogP contribution is -2.44. The Kier molecular flexibility index (Phi) is 5.48. The van der Waals surface area contributed by atoms with E-state index in [0.29, 0.717) is 12.2 Å². The number of amides is 2. The van der Waals surface area contributed by atoms with Gasteiger partial charge in [-0.25, -0.2) is 13.2 Å². The van der Waals surface area contributed by atoms with Gasteiger partial charge in [-0.15, -0.1) is 0 Å². The zero-order chi connectivity index (χ0) is 17.0. The lowest BCUT2D eigenvalue weighted by atomic mass is 10.2. The summed E-state index contributed by atoms with van der Waals surface area (Å²) in [6.07, 6.45) is 1.16. The van der Waals surface area contributed by atoms with E-state index in [2.05, 4.69) is 27.5 Å². The van der Waals surface area contributed by atoms with Crippen LogP contribution in [0.4, 0.5) is 16.2 Å². The summed E-state index contributed by atoms with van der Waals surface area (Å²) in [6, 6.07) is 4.54. The molecular weight excluding hydrogens is 316 g/mol. The van der Waals surface area contributed by atoms with Crippen LogP contribution < -0.4 is 15.5 Å². The van der Waals surface area contributed by atoms with Crippen LogP contribution in [0.15, 0.2) is 23.1 Å². The first-order valence-electron chi connectivity index (χ1n) is 7.63. The van der Waals surface area contributed by atoms with Crippen LogP contribution in [0.5, 0.6) is 0 Å². The van der Waals surface area contributed by atoms with Crippen molar-refractivity contribution in [1.82, 2.24) is 10.2 Å². The molecule has 0 atom stereocenters. The summed E-state index contributed by atoms with van der Waals surface area (Å²) in [6.45, 7) is 5.84. The number of rotatable bonds is 4. The molecule has 0 aromatic heterocycles. The highest BCUT2D eigenvalue weighted by molar-refractivity contribution is 7.90. The average molecular weight is 340 g/mol. The van der Waals surface area contributed by atoms with Gasteiger partial charge >= 0.3 is 6.03 Å². The van der Waals surface area contributed by atoms with Crippen LogP contribution in [0.3, 0.4) is 0 Å². The summed E-state index contributed by atoms with van der Waals surface area (Å²) >= 11 is 0. The van der Waals surface area contributed by atoms with Gasteiger partial charge in [-0.3, -0.25) is 0 Å². The Balaban J connectivity index is 2.34. The molecule has 0 bridgehead atoms. The Morgan fingerprint density at radius 2 is 1.87 bits per heavy atom. The molecule has 2 amide bonds. The van der Waals surface area contributed by atoms with E-state index in [0.717, 1.165) is 38.1 Å². The molecule has 128 valence electrons. The van der Waals surface area contributed by atoms with Crippen molar-refractivity contribution < 1.29 is 13.2 Å². The van der Waals surface area contributed by atoms with Crippen LogP contribution in [0.25, 0.3) is 0 Å². The van der Waals surface area contributed by atoms with Crippen molar-refractivity contribution in [3.8, 4) is 0 Å². The van der Waals surface area contributed by atoms with Gasteiger partial charge in [0, 0.05) is 39.0 Å². The molecule has 1 heterocycles. The number of nitrogens with one attached hydrogen (secondary N) is 2. The normalized spacial score (nSPS) is 16.2. The second kappa shape index (κ2) is 7.18. The number of piperazine rings is 1. The summed E-state index contributed by atoms with van der Waals surface area (Å²) in [7, 11) is -1.26. The van der Waals surface area contributed by atoms with Gasteiger partial charge < -0.3 is 20.4 Å². The molecule has 8 heteroatoms. The molecular formula is C15H24N4O3S. The highest BCUT2D eigenvalue weighted by Crippen LogP contribution is 2.29. The molecule has 2 rings (SSSR count). The largest absolute Gasteiger partial charge is 0.367 e. The van der Waals surface area contributed by atoms with Crippen LogP contribution >= 0.6 is 0 Å². The van der Waals surface area contributed by atoms with Crippen LogP contribution in [0, 0.1) is 0 Å². The first-order valence-corrected chi connectivity index (χ1v) is 9.53. The molecule has 1 aliphatic rings. The molecule has 0 aliphatic carbocycles. The first-order chi connectivity index (χ1) is 10.8. The van der Waals surface area contributed by atoms with E-state index in [4.69, 9.17) is 0 Å². The van der Waals surface area contributed by atoms with Gasteiger partial charge in [0.05, 0.1) is 16.3 Å².